The van der Waals surface area contributed by atoms with E-state index in [4.69, 9.17) is 5.73 Å². The number of rotatable bonds is 5. The lowest BCUT2D eigenvalue weighted by atomic mass is 10.0. The van der Waals surface area contributed by atoms with Crippen LogP contribution >= 0.6 is 0 Å². The number of amides is 1. The summed E-state index contributed by atoms with van der Waals surface area (Å²) in [5, 5.41) is 11.5. The molecular weight excluding hydrogens is 254 g/mol. The molecule has 0 radical (unpaired) electrons. The van der Waals surface area contributed by atoms with Crippen molar-refractivity contribution in [3.05, 3.63) is 17.8 Å². The van der Waals surface area contributed by atoms with Crippen LogP contribution in [0.3, 0.4) is 0 Å². The molecule has 0 saturated carbocycles. The van der Waals surface area contributed by atoms with E-state index in [1.165, 1.54) is 6.42 Å². The number of nitrogens with zero attached hydrogens (tertiary/aromatic N) is 3. The standard InChI is InChI=1S/C14H23N5O/c1-10(2)16-9-11-5-3-4-8-19(11)13-7-6-12(14(15)20)17-18-13/h6-7,10-11,16H,3-5,8-9H2,1-2H3,(H2,15,20). The van der Waals surface area contributed by atoms with Gasteiger partial charge in [-0.2, -0.15) is 0 Å². The van der Waals surface area contributed by atoms with Crippen LogP contribution in [0.2, 0.25) is 0 Å². The van der Waals surface area contributed by atoms with Crippen LogP contribution in [0, 0.1) is 0 Å². The number of anilines is 1. The molecular formula is C14H23N5O. The minimum absolute atomic E-state index is 0.211. The minimum Gasteiger partial charge on any atom is -0.364 e. The number of aromatic nitrogens is 2. The van der Waals surface area contributed by atoms with E-state index in [2.05, 4.69) is 34.3 Å². The van der Waals surface area contributed by atoms with Gasteiger partial charge in [0.2, 0.25) is 0 Å². The lowest BCUT2D eigenvalue weighted by Gasteiger charge is -2.37. The fourth-order valence-electron chi connectivity index (χ4n) is 2.50. The van der Waals surface area contributed by atoms with Crippen LogP contribution in [0.25, 0.3) is 0 Å². The van der Waals surface area contributed by atoms with Crippen molar-refractivity contribution in [2.24, 2.45) is 5.73 Å². The van der Waals surface area contributed by atoms with Gasteiger partial charge >= 0.3 is 0 Å². The fraction of sp³-hybridized carbons (Fsp3) is 0.643. The molecule has 1 aromatic heterocycles. The summed E-state index contributed by atoms with van der Waals surface area (Å²) in [6, 6.07) is 4.38. The summed E-state index contributed by atoms with van der Waals surface area (Å²) in [4.78, 5) is 13.3. The van der Waals surface area contributed by atoms with Crippen LogP contribution in [0.5, 0.6) is 0 Å². The summed E-state index contributed by atoms with van der Waals surface area (Å²) in [5.74, 6) is 0.283. The fourth-order valence-corrected chi connectivity index (χ4v) is 2.50. The number of nitrogens with one attached hydrogen (secondary N) is 1. The SMILES string of the molecule is CC(C)NCC1CCCCN1c1ccc(C(N)=O)nn1. The molecule has 1 amide bonds. The van der Waals surface area contributed by atoms with Gasteiger partial charge in [0.25, 0.3) is 5.91 Å². The zero-order valence-corrected chi connectivity index (χ0v) is 12.2. The Morgan fingerprint density at radius 2 is 2.25 bits per heavy atom. The molecule has 1 saturated heterocycles. The topological polar surface area (TPSA) is 84.1 Å². The summed E-state index contributed by atoms with van der Waals surface area (Å²) in [7, 11) is 0. The average Bonchev–Trinajstić information content (AvgIpc) is 2.45. The highest BCUT2D eigenvalue weighted by Gasteiger charge is 2.24. The second kappa shape index (κ2) is 6.65. The number of primary amides is 1. The van der Waals surface area contributed by atoms with Gasteiger partial charge < -0.3 is 16.0 Å². The van der Waals surface area contributed by atoms with Crippen LogP contribution in [0.15, 0.2) is 12.1 Å². The maximum atomic E-state index is 11.0. The van der Waals surface area contributed by atoms with Gasteiger partial charge in [0.1, 0.15) is 0 Å². The van der Waals surface area contributed by atoms with E-state index < -0.39 is 5.91 Å². The number of carbonyl (C=O) groups is 1. The Balaban J connectivity index is 2.08. The molecule has 20 heavy (non-hydrogen) atoms. The second-order valence-electron chi connectivity index (χ2n) is 5.55. The molecule has 0 aromatic carbocycles. The Kier molecular flexibility index (Phi) is 4.89. The minimum atomic E-state index is -0.541. The second-order valence-corrected chi connectivity index (χ2v) is 5.55. The molecule has 1 aromatic rings. The molecule has 0 bridgehead atoms. The number of hydrogen-bond donors (Lipinski definition) is 2. The third kappa shape index (κ3) is 3.66. The Labute approximate surface area is 119 Å². The highest BCUT2D eigenvalue weighted by Crippen LogP contribution is 2.22. The van der Waals surface area contributed by atoms with Gasteiger partial charge in [-0.15, -0.1) is 10.2 Å². The molecule has 1 aliphatic rings. The predicted molar refractivity (Wildman–Crippen MR) is 78.7 cm³/mol. The van der Waals surface area contributed by atoms with E-state index in [-0.39, 0.29) is 5.69 Å². The van der Waals surface area contributed by atoms with Gasteiger partial charge in [0.15, 0.2) is 11.5 Å². The van der Waals surface area contributed by atoms with Crippen molar-refractivity contribution < 1.29 is 4.79 Å². The van der Waals surface area contributed by atoms with Crippen molar-refractivity contribution in [3.63, 3.8) is 0 Å². The predicted octanol–water partition coefficient (Wildman–Crippen LogP) is 0.932. The van der Waals surface area contributed by atoms with Gasteiger partial charge in [-0.05, 0) is 31.4 Å². The molecule has 6 nitrogen and oxygen atoms in total. The first-order chi connectivity index (χ1) is 9.58. The van der Waals surface area contributed by atoms with Crippen molar-refractivity contribution in [1.82, 2.24) is 15.5 Å². The molecule has 0 spiro atoms. The van der Waals surface area contributed by atoms with Crippen LogP contribution in [0.4, 0.5) is 5.82 Å². The van der Waals surface area contributed by atoms with Crippen molar-refractivity contribution in [2.45, 2.75) is 45.2 Å². The summed E-state index contributed by atoms with van der Waals surface area (Å²) in [5.41, 5.74) is 5.40. The van der Waals surface area contributed by atoms with Crippen molar-refractivity contribution >= 4 is 11.7 Å². The first kappa shape index (κ1) is 14.7. The molecule has 1 atom stereocenters. The van der Waals surface area contributed by atoms with Gasteiger partial charge in [0, 0.05) is 25.2 Å². The van der Waals surface area contributed by atoms with Crippen molar-refractivity contribution in [2.75, 3.05) is 18.0 Å². The molecule has 3 N–H and O–H groups in total. The molecule has 6 heteroatoms. The lowest BCUT2D eigenvalue weighted by Crippen LogP contribution is -2.47. The van der Waals surface area contributed by atoms with E-state index >= 15 is 0 Å². The van der Waals surface area contributed by atoms with Gasteiger partial charge in [0.05, 0.1) is 0 Å². The monoisotopic (exact) mass is 277 g/mol. The molecule has 2 rings (SSSR count). The van der Waals surface area contributed by atoms with E-state index in [9.17, 15) is 4.79 Å². The zero-order valence-electron chi connectivity index (χ0n) is 12.2. The highest BCUT2D eigenvalue weighted by atomic mass is 16.1. The third-order valence-corrected chi connectivity index (χ3v) is 3.59. The van der Waals surface area contributed by atoms with Crippen LogP contribution in [-0.4, -0.2) is 41.3 Å². The average molecular weight is 277 g/mol. The van der Waals surface area contributed by atoms with E-state index in [1.54, 1.807) is 6.07 Å². The van der Waals surface area contributed by atoms with Crippen LogP contribution < -0.4 is 16.0 Å². The maximum Gasteiger partial charge on any atom is 0.269 e. The number of piperidine rings is 1. The molecule has 1 unspecified atom stereocenters. The number of hydrogen-bond acceptors (Lipinski definition) is 5. The summed E-state index contributed by atoms with van der Waals surface area (Å²) < 4.78 is 0. The molecule has 2 heterocycles. The maximum absolute atomic E-state index is 11.0. The Morgan fingerprint density at radius 1 is 1.45 bits per heavy atom. The third-order valence-electron chi connectivity index (χ3n) is 3.59. The first-order valence-electron chi connectivity index (χ1n) is 7.21. The Bertz CT molecular complexity index is 445. The number of nitrogens with two attached hydrogens (primary N) is 1. The van der Waals surface area contributed by atoms with Gasteiger partial charge in [-0.1, -0.05) is 13.8 Å². The Hall–Kier alpha value is -1.69. The molecule has 1 fully saturated rings. The molecule has 1 aliphatic heterocycles. The summed E-state index contributed by atoms with van der Waals surface area (Å²) >= 11 is 0. The quantitative estimate of drug-likeness (QED) is 0.836. The number of carbonyl (C=O) groups excluding carboxylic acids is 1. The van der Waals surface area contributed by atoms with E-state index in [0.29, 0.717) is 12.1 Å². The van der Waals surface area contributed by atoms with Crippen LogP contribution in [0.1, 0.15) is 43.6 Å². The van der Waals surface area contributed by atoms with Crippen molar-refractivity contribution in [3.8, 4) is 0 Å². The largest absolute Gasteiger partial charge is 0.364 e. The normalized spacial score (nSPS) is 19.4. The highest BCUT2D eigenvalue weighted by molar-refractivity contribution is 5.90. The Morgan fingerprint density at radius 3 is 2.85 bits per heavy atom. The van der Waals surface area contributed by atoms with E-state index in [0.717, 1.165) is 31.7 Å². The first-order valence-corrected chi connectivity index (χ1v) is 7.21. The smallest absolute Gasteiger partial charge is 0.269 e. The summed E-state index contributed by atoms with van der Waals surface area (Å²) in [6.07, 6.45) is 3.56. The van der Waals surface area contributed by atoms with Crippen LogP contribution in [-0.2, 0) is 0 Å². The lowest BCUT2D eigenvalue weighted by molar-refractivity contribution is 0.0994. The van der Waals surface area contributed by atoms with Crippen molar-refractivity contribution in [1.29, 1.82) is 0 Å². The van der Waals surface area contributed by atoms with Gasteiger partial charge in [-0.3, -0.25) is 4.79 Å². The van der Waals surface area contributed by atoms with Gasteiger partial charge in [-0.25, -0.2) is 0 Å². The zero-order chi connectivity index (χ0) is 14.5. The van der Waals surface area contributed by atoms with E-state index in [1.807, 2.05) is 6.07 Å². The molecule has 0 aliphatic carbocycles. The summed E-state index contributed by atoms with van der Waals surface area (Å²) in [6.45, 7) is 6.22. The molecule has 110 valence electrons.